The van der Waals surface area contributed by atoms with Crippen LogP contribution in [0.3, 0.4) is 0 Å². The summed E-state index contributed by atoms with van der Waals surface area (Å²) in [6, 6.07) is 81.8. The van der Waals surface area contributed by atoms with Gasteiger partial charge in [-0.25, -0.2) is 0 Å². The Hall–Kier alpha value is -8.80. The Morgan fingerprint density at radius 1 is 0.299 bits per heavy atom. The van der Waals surface area contributed by atoms with E-state index in [2.05, 4.69) is 234 Å². The van der Waals surface area contributed by atoms with E-state index in [0.717, 1.165) is 88.9 Å². The summed E-state index contributed by atoms with van der Waals surface area (Å²) in [4.78, 5) is 5.10. The molecule has 2 aromatic heterocycles. The number of benzene rings is 11. The van der Waals surface area contributed by atoms with Crippen molar-refractivity contribution in [1.29, 1.82) is 0 Å². The lowest BCUT2D eigenvalue weighted by molar-refractivity contribution is 0.668. The number of furan rings is 2. The first kappa shape index (κ1) is 36.5. The van der Waals surface area contributed by atoms with Gasteiger partial charge in [-0.1, -0.05) is 164 Å². The van der Waals surface area contributed by atoms with Crippen molar-refractivity contribution in [2.75, 3.05) is 9.80 Å². The zero-order valence-corrected chi connectivity index (χ0v) is 36.2. The molecule has 13 aromatic rings. The highest BCUT2D eigenvalue weighted by Gasteiger charge is 2.44. The second-order valence-corrected chi connectivity index (χ2v) is 17.9. The van der Waals surface area contributed by atoms with Gasteiger partial charge in [0.1, 0.15) is 22.3 Å². The zero-order valence-electron chi connectivity index (χ0n) is 36.2. The van der Waals surface area contributed by atoms with E-state index in [1.807, 2.05) is 0 Å². The number of anilines is 6. The molecule has 4 nitrogen and oxygen atoms in total. The third-order valence-corrected chi connectivity index (χ3v) is 14.4. The van der Waals surface area contributed by atoms with Crippen molar-refractivity contribution in [1.82, 2.24) is 0 Å². The van der Waals surface area contributed by atoms with Gasteiger partial charge < -0.3 is 18.6 Å². The summed E-state index contributed by atoms with van der Waals surface area (Å²) in [5, 5.41) is 9.26. The first-order valence-electron chi connectivity index (χ1n) is 23.0. The molecule has 0 N–H and O–H groups in total. The highest BCUT2D eigenvalue weighted by atomic mass is 16.3. The molecule has 2 aliphatic heterocycles. The van der Waals surface area contributed by atoms with Crippen molar-refractivity contribution in [2.45, 2.75) is 0 Å². The average molecular weight is 853 g/mol. The van der Waals surface area contributed by atoms with Crippen LogP contribution in [0.4, 0.5) is 34.1 Å². The molecule has 0 spiro atoms. The maximum absolute atomic E-state index is 6.62. The Kier molecular flexibility index (Phi) is 7.55. The maximum Gasteiger partial charge on any atom is 0.252 e. The van der Waals surface area contributed by atoms with Crippen molar-refractivity contribution >= 4 is 123 Å². The zero-order chi connectivity index (χ0) is 43.7. The first-order chi connectivity index (χ1) is 33.2. The lowest BCUT2D eigenvalue weighted by Gasteiger charge is -2.45. The molecule has 2 aliphatic rings. The average Bonchev–Trinajstić information content (AvgIpc) is 3.96. The third kappa shape index (κ3) is 5.19. The molecule has 4 heterocycles. The summed E-state index contributed by atoms with van der Waals surface area (Å²) in [5.74, 6) is 0. The highest BCUT2D eigenvalue weighted by Crippen LogP contribution is 2.52. The molecule has 0 fully saturated rings. The van der Waals surface area contributed by atoms with Crippen LogP contribution in [0.25, 0.3) is 87.7 Å². The Morgan fingerprint density at radius 2 is 0.701 bits per heavy atom. The number of hydrogen-bond donors (Lipinski definition) is 0. The molecule has 5 heteroatoms. The Labute approximate surface area is 386 Å². The smallest absolute Gasteiger partial charge is 0.252 e. The van der Waals surface area contributed by atoms with Crippen molar-refractivity contribution in [3.63, 3.8) is 0 Å². The minimum atomic E-state index is -0.0739. The molecule has 0 amide bonds. The van der Waals surface area contributed by atoms with E-state index in [9.17, 15) is 0 Å². The van der Waals surface area contributed by atoms with Gasteiger partial charge in [0.05, 0.1) is 11.4 Å². The Morgan fingerprint density at radius 3 is 1.16 bits per heavy atom. The van der Waals surface area contributed by atoms with Gasteiger partial charge in [0, 0.05) is 55.4 Å². The van der Waals surface area contributed by atoms with Crippen molar-refractivity contribution in [2.24, 2.45) is 0 Å². The number of nitrogens with zero attached hydrogens (tertiary/aromatic N) is 2. The molecule has 0 saturated carbocycles. The fraction of sp³-hybridized carbons (Fsp3) is 0. The van der Waals surface area contributed by atoms with Gasteiger partial charge in [-0.3, -0.25) is 0 Å². The van der Waals surface area contributed by atoms with E-state index < -0.39 is 0 Å². The monoisotopic (exact) mass is 852 g/mol. The predicted molar refractivity (Wildman–Crippen MR) is 281 cm³/mol. The van der Waals surface area contributed by atoms with Crippen LogP contribution in [-0.4, -0.2) is 6.71 Å². The molecule has 0 atom stereocenters. The molecule has 0 unspecified atom stereocenters. The number of para-hydroxylation sites is 2. The summed E-state index contributed by atoms with van der Waals surface area (Å²) >= 11 is 0. The van der Waals surface area contributed by atoms with Crippen LogP contribution in [-0.2, 0) is 0 Å². The minimum Gasteiger partial charge on any atom is -0.456 e. The predicted octanol–water partition coefficient (Wildman–Crippen LogP) is 15.2. The van der Waals surface area contributed by atoms with Gasteiger partial charge >= 0.3 is 0 Å². The number of rotatable bonds is 4. The second-order valence-electron chi connectivity index (χ2n) is 17.9. The fourth-order valence-electron chi connectivity index (χ4n) is 11.6. The number of fused-ring (bicyclic) bond motifs is 12. The normalized spacial score (nSPS) is 13.0. The second kappa shape index (κ2) is 13.9. The molecule has 15 rings (SSSR count). The van der Waals surface area contributed by atoms with Crippen LogP contribution < -0.4 is 26.2 Å². The van der Waals surface area contributed by atoms with Crippen LogP contribution in [0.2, 0.25) is 0 Å². The molecule has 0 saturated heterocycles. The Balaban J connectivity index is 1.09. The van der Waals surface area contributed by atoms with Gasteiger partial charge in [0.2, 0.25) is 0 Å². The topological polar surface area (TPSA) is 32.8 Å². The number of hydrogen-bond acceptors (Lipinski definition) is 4. The fourth-order valence-corrected chi connectivity index (χ4v) is 11.6. The third-order valence-electron chi connectivity index (χ3n) is 14.4. The van der Waals surface area contributed by atoms with Crippen LogP contribution in [0.1, 0.15) is 0 Å². The van der Waals surface area contributed by atoms with Crippen LogP contribution in [0.15, 0.2) is 233 Å². The molecule has 11 aromatic carbocycles. The summed E-state index contributed by atoms with van der Waals surface area (Å²) in [5.41, 5.74) is 18.7. The van der Waals surface area contributed by atoms with Crippen LogP contribution in [0, 0.1) is 0 Å². The summed E-state index contributed by atoms with van der Waals surface area (Å²) < 4.78 is 13.2. The van der Waals surface area contributed by atoms with Gasteiger partial charge in [0.15, 0.2) is 0 Å². The SMILES string of the molecule is c1ccc(-c2c(N3c4cc5ccccc5cc4B4c5cc6ccccc6cc5N(c5ccc6oc7ccccc7c6c5-c5ccccc5)c5cccc3c54)ccc3oc4ccccc4c23)cc1. The van der Waals surface area contributed by atoms with E-state index in [1.54, 1.807) is 0 Å². The molecular weight excluding hydrogens is 816 g/mol. The van der Waals surface area contributed by atoms with E-state index in [1.165, 1.54) is 49.3 Å². The molecule has 0 radical (unpaired) electrons. The van der Waals surface area contributed by atoms with Crippen molar-refractivity contribution in [3.8, 4) is 22.3 Å². The van der Waals surface area contributed by atoms with Crippen molar-refractivity contribution < 1.29 is 8.83 Å². The van der Waals surface area contributed by atoms with Crippen LogP contribution in [0.5, 0.6) is 0 Å². The quantitative estimate of drug-likeness (QED) is 0.165. The van der Waals surface area contributed by atoms with Gasteiger partial charge in [-0.15, -0.1) is 0 Å². The van der Waals surface area contributed by atoms with E-state index in [4.69, 9.17) is 8.83 Å². The molecule has 0 bridgehead atoms. The van der Waals surface area contributed by atoms with E-state index >= 15 is 0 Å². The standard InChI is InChI=1S/C62H37BN2O2/c1-3-16-38(17-4-1)58-48(30-32-56-60(58)44-24-11-13-28-54(44)66-56)64-50-26-15-27-51-62(50)63(46-34-40-20-7-9-22-42(40)36-52(46)64)47-35-41-21-8-10-23-43(41)37-53(47)65(51)49-31-33-57-61(45-25-12-14-29-55(45)67-57)59(49)39-18-5-2-6-19-39/h1-37H. The Bertz CT molecular complexity index is 3930. The lowest BCUT2D eigenvalue weighted by atomic mass is 9.33. The van der Waals surface area contributed by atoms with E-state index in [-0.39, 0.29) is 6.71 Å². The van der Waals surface area contributed by atoms with Gasteiger partial charge in [0.25, 0.3) is 6.71 Å². The molecule has 310 valence electrons. The minimum absolute atomic E-state index is 0.0739. The van der Waals surface area contributed by atoms with Crippen molar-refractivity contribution in [3.05, 3.63) is 224 Å². The molecular formula is C62H37BN2O2. The van der Waals surface area contributed by atoms with Gasteiger partial charge in [-0.05, 0) is 110 Å². The molecule has 0 aliphatic carbocycles. The summed E-state index contributed by atoms with van der Waals surface area (Å²) in [6.45, 7) is -0.0739. The largest absolute Gasteiger partial charge is 0.456 e. The lowest BCUT2D eigenvalue weighted by Crippen LogP contribution is -2.61. The maximum atomic E-state index is 6.62. The van der Waals surface area contributed by atoms with Gasteiger partial charge in [-0.2, -0.15) is 0 Å². The summed E-state index contributed by atoms with van der Waals surface area (Å²) in [7, 11) is 0. The molecule has 67 heavy (non-hydrogen) atoms. The van der Waals surface area contributed by atoms with Crippen LogP contribution >= 0.6 is 0 Å². The summed E-state index contributed by atoms with van der Waals surface area (Å²) in [6.07, 6.45) is 0. The highest BCUT2D eigenvalue weighted by molar-refractivity contribution is 7.00. The van der Waals surface area contributed by atoms with E-state index in [0.29, 0.717) is 0 Å². The first-order valence-corrected chi connectivity index (χ1v) is 23.0.